The Morgan fingerprint density at radius 2 is 1.13 bits per heavy atom. The molecule has 0 fully saturated rings. The number of rotatable bonds is 5. The maximum absolute atomic E-state index is 4.65. The molecule has 0 amide bonds. The molecule has 31 heavy (non-hydrogen) atoms. The Morgan fingerprint density at radius 1 is 0.645 bits per heavy atom. The van der Waals surface area contributed by atoms with Crippen molar-refractivity contribution in [2.24, 2.45) is 9.98 Å². The lowest BCUT2D eigenvalue weighted by atomic mass is 10.1. The van der Waals surface area contributed by atoms with Gasteiger partial charge in [0, 0.05) is 36.8 Å². The maximum atomic E-state index is 4.65. The predicted molar refractivity (Wildman–Crippen MR) is 134 cm³/mol. The van der Waals surface area contributed by atoms with Gasteiger partial charge in [0.1, 0.15) is 0 Å². The fourth-order valence-corrected chi connectivity index (χ4v) is 3.30. The van der Waals surface area contributed by atoms with Crippen LogP contribution >= 0.6 is 0 Å². The summed E-state index contributed by atoms with van der Waals surface area (Å²) in [6.07, 6.45) is 7.89. The van der Waals surface area contributed by atoms with Crippen LogP contribution in [-0.2, 0) is 0 Å². The zero-order valence-corrected chi connectivity index (χ0v) is 18.1. The molecule has 4 rings (SSSR count). The normalized spacial score (nSPS) is 12.6. The van der Waals surface area contributed by atoms with Gasteiger partial charge in [-0.3, -0.25) is 4.99 Å². The summed E-state index contributed by atoms with van der Waals surface area (Å²) in [5, 5.41) is 3.45. The molecule has 0 spiro atoms. The van der Waals surface area contributed by atoms with Gasteiger partial charge < -0.3 is 10.2 Å². The van der Waals surface area contributed by atoms with Crippen LogP contribution in [0.1, 0.15) is 5.56 Å². The molecule has 3 aromatic carbocycles. The quantitative estimate of drug-likeness (QED) is 0.475. The lowest BCUT2D eigenvalue weighted by Crippen LogP contribution is -2.09. The van der Waals surface area contributed by atoms with Crippen LogP contribution in [0, 0.1) is 6.92 Å². The maximum Gasteiger partial charge on any atom is 0.0638 e. The van der Waals surface area contributed by atoms with Crippen LogP contribution in [0.2, 0.25) is 0 Å². The second-order valence-corrected chi connectivity index (χ2v) is 7.47. The van der Waals surface area contributed by atoms with Crippen molar-refractivity contribution < 1.29 is 0 Å². The van der Waals surface area contributed by atoms with Gasteiger partial charge >= 0.3 is 0 Å². The molecule has 0 saturated carbocycles. The lowest BCUT2D eigenvalue weighted by molar-refractivity contribution is 1.20. The molecule has 154 valence electrons. The van der Waals surface area contributed by atoms with Crippen molar-refractivity contribution in [1.29, 1.82) is 0 Å². The number of aryl methyl sites for hydroxylation is 1. The third-order valence-electron chi connectivity index (χ3n) is 5.20. The molecule has 0 bridgehead atoms. The number of benzene rings is 3. The summed E-state index contributed by atoms with van der Waals surface area (Å²) in [5.74, 6) is 0. The highest BCUT2D eigenvalue weighted by molar-refractivity contribution is 6.18. The zero-order valence-electron chi connectivity index (χ0n) is 18.1. The van der Waals surface area contributed by atoms with Crippen LogP contribution in [0.5, 0.6) is 0 Å². The Labute approximate surface area is 184 Å². The van der Waals surface area contributed by atoms with Gasteiger partial charge in [-0.05, 0) is 91.9 Å². The average molecular weight is 407 g/mol. The van der Waals surface area contributed by atoms with E-state index in [9.17, 15) is 0 Å². The molecule has 4 nitrogen and oxygen atoms in total. The van der Waals surface area contributed by atoms with Gasteiger partial charge in [-0.1, -0.05) is 17.7 Å². The van der Waals surface area contributed by atoms with Crippen molar-refractivity contribution in [3.63, 3.8) is 0 Å². The van der Waals surface area contributed by atoms with Gasteiger partial charge in [0.25, 0.3) is 0 Å². The van der Waals surface area contributed by atoms with Crippen molar-refractivity contribution in [2.75, 3.05) is 24.3 Å². The van der Waals surface area contributed by atoms with Crippen molar-refractivity contribution in [3.05, 3.63) is 103 Å². The van der Waals surface area contributed by atoms with Gasteiger partial charge in [0.05, 0.1) is 17.1 Å². The molecule has 0 atom stereocenters. The zero-order chi connectivity index (χ0) is 21.6. The summed E-state index contributed by atoms with van der Waals surface area (Å²) in [6, 6.07) is 25.1. The molecule has 1 aliphatic rings. The van der Waals surface area contributed by atoms with E-state index in [0.29, 0.717) is 0 Å². The lowest BCUT2D eigenvalue weighted by Gasteiger charge is -2.20. The Morgan fingerprint density at radius 3 is 1.68 bits per heavy atom. The second-order valence-electron chi connectivity index (χ2n) is 7.47. The van der Waals surface area contributed by atoms with E-state index in [1.807, 2.05) is 48.6 Å². The molecule has 0 heterocycles. The van der Waals surface area contributed by atoms with Crippen LogP contribution in [0.25, 0.3) is 0 Å². The summed E-state index contributed by atoms with van der Waals surface area (Å²) in [4.78, 5) is 11.0. The van der Waals surface area contributed by atoms with E-state index in [1.54, 1.807) is 7.05 Å². The highest BCUT2D eigenvalue weighted by atomic mass is 15.1. The van der Waals surface area contributed by atoms with Crippen molar-refractivity contribution in [1.82, 2.24) is 0 Å². The molecule has 0 aliphatic heterocycles. The first-order chi connectivity index (χ1) is 15.1. The Bertz CT molecular complexity index is 1130. The van der Waals surface area contributed by atoms with Gasteiger partial charge in [-0.15, -0.1) is 0 Å². The average Bonchev–Trinajstić information content (AvgIpc) is 2.81. The van der Waals surface area contributed by atoms with Crippen LogP contribution in [0.4, 0.5) is 28.4 Å². The Hall–Kier alpha value is -3.92. The minimum absolute atomic E-state index is 0.918. The third kappa shape index (κ3) is 5.17. The Kier molecular flexibility index (Phi) is 6.08. The SMILES string of the molecule is CN=C1C=CC(=Nc2ccc(Nc3ccc(N(C)c4ccc(C)cc4)cc3)cc2)C=C1. The molecule has 3 aromatic rings. The number of anilines is 4. The predicted octanol–water partition coefficient (Wildman–Crippen LogP) is 6.78. The number of allylic oxidation sites excluding steroid dienone is 4. The van der Waals surface area contributed by atoms with Gasteiger partial charge in [-0.25, -0.2) is 4.99 Å². The number of nitrogens with one attached hydrogen (secondary N) is 1. The summed E-state index contributed by atoms with van der Waals surface area (Å²) < 4.78 is 0. The molecule has 0 aromatic heterocycles. The molecule has 4 heteroatoms. The number of aliphatic imine (C=N–C) groups is 2. The van der Waals surface area contributed by atoms with E-state index in [4.69, 9.17) is 0 Å². The summed E-state index contributed by atoms with van der Waals surface area (Å²) in [7, 11) is 3.87. The molecule has 0 unspecified atom stereocenters. The molecule has 0 saturated heterocycles. The number of hydrogen-bond donors (Lipinski definition) is 1. The fraction of sp³-hybridized carbons (Fsp3) is 0.111. The minimum atomic E-state index is 0.918. The second kappa shape index (κ2) is 9.26. The van der Waals surface area contributed by atoms with Crippen molar-refractivity contribution in [2.45, 2.75) is 6.92 Å². The van der Waals surface area contributed by atoms with Crippen molar-refractivity contribution in [3.8, 4) is 0 Å². The van der Waals surface area contributed by atoms with Crippen LogP contribution < -0.4 is 10.2 Å². The van der Waals surface area contributed by atoms with Crippen LogP contribution in [0.3, 0.4) is 0 Å². The fourth-order valence-electron chi connectivity index (χ4n) is 3.30. The monoisotopic (exact) mass is 406 g/mol. The highest BCUT2D eigenvalue weighted by Gasteiger charge is 2.04. The first kappa shape index (κ1) is 20.4. The summed E-state index contributed by atoms with van der Waals surface area (Å²) in [6.45, 7) is 2.10. The summed E-state index contributed by atoms with van der Waals surface area (Å²) >= 11 is 0. The van der Waals surface area contributed by atoms with Crippen LogP contribution in [-0.4, -0.2) is 25.5 Å². The van der Waals surface area contributed by atoms with E-state index in [2.05, 4.69) is 82.7 Å². The molecule has 1 N–H and O–H groups in total. The van der Waals surface area contributed by atoms with E-state index in [0.717, 1.165) is 34.2 Å². The number of hydrogen-bond acceptors (Lipinski definition) is 4. The van der Waals surface area contributed by atoms with E-state index < -0.39 is 0 Å². The largest absolute Gasteiger partial charge is 0.356 e. The smallest absolute Gasteiger partial charge is 0.0638 e. The molecule has 1 aliphatic carbocycles. The molecular weight excluding hydrogens is 380 g/mol. The van der Waals surface area contributed by atoms with Crippen molar-refractivity contribution >= 4 is 39.9 Å². The molecular formula is C27H26N4. The van der Waals surface area contributed by atoms with Gasteiger partial charge in [-0.2, -0.15) is 0 Å². The van der Waals surface area contributed by atoms with E-state index in [-0.39, 0.29) is 0 Å². The third-order valence-corrected chi connectivity index (χ3v) is 5.20. The highest BCUT2D eigenvalue weighted by Crippen LogP contribution is 2.27. The minimum Gasteiger partial charge on any atom is -0.356 e. The van der Waals surface area contributed by atoms with Gasteiger partial charge in [0.15, 0.2) is 0 Å². The summed E-state index contributed by atoms with van der Waals surface area (Å²) in [5.41, 5.74) is 8.44. The van der Waals surface area contributed by atoms with E-state index >= 15 is 0 Å². The molecule has 0 radical (unpaired) electrons. The van der Waals surface area contributed by atoms with Crippen LogP contribution in [0.15, 0.2) is 107 Å². The first-order valence-corrected chi connectivity index (χ1v) is 10.3. The first-order valence-electron chi connectivity index (χ1n) is 10.3. The topological polar surface area (TPSA) is 40.0 Å². The van der Waals surface area contributed by atoms with E-state index in [1.165, 1.54) is 11.3 Å². The van der Waals surface area contributed by atoms with Gasteiger partial charge in [0.2, 0.25) is 0 Å². The Balaban J connectivity index is 1.40. The number of nitrogens with zero attached hydrogens (tertiary/aromatic N) is 3. The standard InChI is InChI=1S/C27H26N4/c1-20-4-16-26(17-5-20)31(3)27-18-14-25(15-19-27)30-24-12-10-23(11-13-24)29-22-8-6-21(28-2)7-9-22/h4-19,30H,1-3H3.